The minimum atomic E-state index is -0.0683. The van der Waals surface area contributed by atoms with Crippen LogP contribution in [0.2, 0.25) is 5.02 Å². The maximum atomic E-state index is 11.7. The summed E-state index contributed by atoms with van der Waals surface area (Å²) in [5.74, 6) is -0.0683. The van der Waals surface area contributed by atoms with Gasteiger partial charge in [0.1, 0.15) is 0 Å². The van der Waals surface area contributed by atoms with E-state index in [4.69, 9.17) is 11.6 Å². The summed E-state index contributed by atoms with van der Waals surface area (Å²) in [7, 11) is 0. The summed E-state index contributed by atoms with van der Waals surface area (Å²) in [5, 5.41) is 6.62. The van der Waals surface area contributed by atoms with Gasteiger partial charge in [0, 0.05) is 21.7 Å². The fourth-order valence-electron chi connectivity index (χ4n) is 1.66. The van der Waals surface area contributed by atoms with Gasteiger partial charge in [-0.3, -0.25) is 4.79 Å². The van der Waals surface area contributed by atoms with Crippen LogP contribution < -0.4 is 10.6 Å². The molecular weight excluding hydrogens is 340 g/mol. The summed E-state index contributed by atoms with van der Waals surface area (Å²) < 4.78 is 0.983. The highest BCUT2D eigenvalue weighted by molar-refractivity contribution is 9.10. The molecule has 1 amide bonds. The van der Waals surface area contributed by atoms with Gasteiger partial charge in [-0.05, 0) is 42.0 Å². The van der Waals surface area contributed by atoms with Crippen molar-refractivity contribution >= 4 is 39.1 Å². The zero-order valence-electron chi connectivity index (χ0n) is 10.7. The van der Waals surface area contributed by atoms with Crippen LogP contribution in [0.1, 0.15) is 5.56 Å². The van der Waals surface area contributed by atoms with Crippen LogP contribution in [0, 0.1) is 0 Å². The molecule has 0 aromatic heterocycles. The molecule has 0 atom stereocenters. The zero-order chi connectivity index (χ0) is 14.4. The van der Waals surface area contributed by atoms with Crippen LogP contribution in [-0.4, -0.2) is 12.5 Å². The Bertz CT molecular complexity index is 569. The van der Waals surface area contributed by atoms with E-state index in [1.807, 2.05) is 48.5 Å². The lowest BCUT2D eigenvalue weighted by molar-refractivity contribution is -0.115. The van der Waals surface area contributed by atoms with Crippen LogP contribution in [0.3, 0.4) is 0 Å². The number of nitrogens with one attached hydrogen (secondary N) is 2. The summed E-state index contributed by atoms with van der Waals surface area (Å²) in [6.07, 6.45) is 0. The van der Waals surface area contributed by atoms with E-state index >= 15 is 0 Å². The molecule has 0 fully saturated rings. The van der Waals surface area contributed by atoms with Crippen molar-refractivity contribution in [1.82, 2.24) is 5.32 Å². The number of amides is 1. The molecule has 2 rings (SSSR count). The van der Waals surface area contributed by atoms with Gasteiger partial charge in [0.15, 0.2) is 0 Å². The van der Waals surface area contributed by atoms with E-state index in [0.717, 1.165) is 15.7 Å². The van der Waals surface area contributed by atoms with E-state index in [0.29, 0.717) is 11.6 Å². The van der Waals surface area contributed by atoms with E-state index < -0.39 is 0 Å². The third kappa shape index (κ3) is 4.96. The van der Waals surface area contributed by atoms with Gasteiger partial charge in [-0.1, -0.05) is 39.7 Å². The maximum absolute atomic E-state index is 11.7. The van der Waals surface area contributed by atoms with Crippen LogP contribution in [-0.2, 0) is 11.3 Å². The van der Waals surface area contributed by atoms with Crippen molar-refractivity contribution in [2.24, 2.45) is 0 Å². The number of hydrogen-bond acceptors (Lipinski definition) is 2. The van der Waals surface area contributed by atoms with E-state index in [9.17, 15) is 4.79 Å². The average Bonchev–Trinajstić information content (AvgIpc) is 2.44. The second-order valence-corrected chi connectivity index (χ2v) is 5.64. The lowest BCUT2D eigenvalue weighted by atomic mass is 10.2. The van der Waals surface area contributed by atoms with Crippen molar-refractivity contribution in [1.29, 1.82) is 0 Å². The highest BCUT2D eigenvalue weighted by atomic mass is 79.9. The van der Waals surface area contributed by atoms with E-state index in [1.54, 1.807) is 0 Å². The molecule has 0 heterocycles. The fraction of sp³-hybridized carbons (Fsp3) is 0.133. The summed E-state index contributed by atoms with van der Waals surface area (Å²) in [4.78, 5) is 11.7. The van der Waals surface area contributed by atoms with Gasteiger partial charge in [-0.2, -0.15) is 0 Å². The first-order chi connectivity index (χ1) is 9.63. The Morgan fingerprint density at radius 1 is 1.05 bits per heavy atom. The molecule has 104 valence electrons. The maximum Gasteiger partial charge on any atom is 0.238 e. The van der Waals surface area contributed by atoms with Crippen molar-refractivity contribution in [2.45, 2.75) is 6.54 Å². The average molecular weight is 354 g/mol. The molecule has 0 aliphatic rings. The fourth-order valence-corrected chi connectivity index (χ4v) is 2.05. The quantitative estimate of drug-likeness (QED) is 0.857. The number of halogens is 2. The van der Waals surface area contributed by atoms with Gasteiger partial charge >= 0.3 is 0 Å². The Hall–Kier alpha value is -1.36. The molecule has 0 radical (unpaired) electrons. The summed E-state index contributed by atoms with van der Waals surface area (Å²) in [6, 6.07) is 15.0. The van der Waals surface area contributed by atoms with Crippen LogP contribution >= 0.6 is 27.5 Å². The Kier molecular flexibility index (Phi) is 5.59. The lowest BCUT2D eigenvalue weighted by Gasteiger charge is -2.07. The van der Waals surface area contributed by atoms with Crippen molar-refractivity contribution in [2.75, 3.05) is 11.9 Å². The number of anilines is 1. The predicted molar refractivity (Wildman–Crippen MR) is 85.9 cm³/mol. The zero-order valence-corrected chi connectivity index (χ0v) is 13.0. The van der Waals surface area contributed by atoms with Crippen molar-refractivity contribution in [3.8, 4) is 0 Å². The lowest BCUT2D eigenvalue weighted by Crippen LogP contribution is -2.27. The van der Waals surface area contributed by atoms with Crippen molar-refractivity contribution < 1.29 is 4.79 Å². The molecule has 0 spiro atoms. The molecule has 2 N–H and O–H groups in total. The van der Waals surface area contributed by atoms with Gasteiger partial charge in [-0.25, -0.2) is 0 Å². The van der Waals surface area contributed by atoms with E-state index in [2.05, 4.69) is 26.6 Å². The molecule has 0 saturated carbocycles. The summed E-state index contributed by atoms with van der Waals surface area (Å²) >= 11 is 9.16. The van der Waals surface area contributed by atoms with Crippen LogP contribution in [0.5, 0.6) is 0 Å². The molecule has 20 heavy (non-hydrogen) atoms. The molecule has 0 bridgehead atoms. The highest BCUT2D eigenvalue weighted by Crippen LogP contribution is 2.13. The number of carbonyl (C=O) groups is 1. The normalized spacial score (nSPS) is 10.3. The Labute approximate surface area is 131 Å². The largest absolute Gasteiger partial charge is 0.325 e. The minimum absolute atomic E-state index is 0.0683. The van der Waals surface area contributed by atoms with Crippen molar-refractivity contribution in [3.05, 3.63) is 63.6 Å². The number of benzene rings is 2. The molecule has 5 heteroatoms. The van der Waals surface area contributed by atoms with Gasteiger partial charge in [-0.15, -0.1) is 0 Å². The third-order valence-corrected chi connectivity index (χ3v) is 3.44. The van der Waals surface area contributed by atoms with E-state index in [-0.39, 0.29) is 12.5 Å². The molecule has 3 nitrogen and oxygen atoms in total. The number of rotatable bonds is 5. The smallest absolute Gasteiger partial charge is 0.238 e. The summed E-state index contributed by atoms with van der Waals surface area (Å²) in [5.41, 5.74) is 1.87. The Balaban J connectivity index is 1.75. The predicted octanol–water partition coefficient (Wildman–Crippen LogP) is 3.83. The Morgan fingerprint density at radius 3 is 2.35 bits per heavy atom. The van der Waals surface area contributed by atoms with Crippen LogP contribution in [0.15, 0.2) is 53.0 Å². The molecule has 0 aliphatic carbocycles. The first-order valence-corrected chi connectivity index (χ1v) is 7.31. The number of hydrogen-bond donors (Lipinski definition) is 2. The molecule has 0 unspecified atom stereocenters. The van der Waals surface area contributed by atoms with Gasteiger partial charge < -0.3 is 10.6 Å². The molecule has 2 aromatic rings. The third-order valence-electron chi connectivity index (χ3n) is 2.66. The van der Waals surface area contributed by atoms with Crippen LogP contribution in [0.25, 0.3) is 0 Å². The molecular formula is C15H14BrClN2O. The topological polar surface area (TPSA) is 41.1 Å². The monoisotopic (exact) mass is 352 g/mol. The summed E-state index contributed by atoms with van der Waals surface area (Å²) in [6.45, 7) is 0.892. The van der Waals surface area contributed by atoms with Gasteiger partial charge in [0.05, 0.1) is 6.54 Å². The molecule has 0 aliphatic heterocycles. The highest BCUT2D eigenvalue weighted by Gasteiger charge is 2.02. The first-order valence-electron chi connectivity index (χ1n) is 6.14. The minimum Gasteiger partial charge on any atom is -0.325 e. The Morgan fingerprint density at radius 2 is 1.70 bits per heavy atom. The van der Waals surface area contributed by atoms with Gasteiger partial charge in [0.2, 0.25) is 5.91 Å². The van der Waals surface area contributed by atoms with Gasteiger partial charge in [0.25, 0.3) is 0 Å². The molecule has 0 saturated heterocycles. The standard InChI is InChI=1S/C15H14BrClN2O/c16-12-3-7-14(8-4-12)19-15(20)10-18-9-11-1-5-13(17)6-2-11/h1-8,18H,9-10H2,(H,19,20). The van der Waals surface area contributed by atoms with E-state index in [1.165, 1.54) is 0 Å². The molecule has 2 aromatic carbocycles. The second-order valence-electron chi connectivity index (χ2n) is 4.29. The van der Waals surface area contributed by atoms with Crippen LogP contribution in [0.4, 0.5) is 5.69 Å². The first kappa shape index (κ1) is 15.0. The SMILES string of the molecule is O=C(CNCc1ccc(Cl)cc1)Nc1ccc(Br)cc1. The second kappa shape index (κ2) is 7.43. The number of carbonyl (C=O) groups excluding carboxylic acids is 1. The van der Waals surface area contributed by atoms with Crippen molar-refractivity contribution in [3.63, 3.8) is 0 Å².